The fourth-order valence-electron chi connectivity index (χ4n) is 9.87. The summed E-state index contributed by atoms with van der Waals surface area (Å²) in [5.74, 6) is 0. The molecule has 0 atom stereocenters. The molecule has 0 N–H and O–H groups in total. The highest BCUT2D eigenvalue weighted by Gasteiger charge is 2.20. The van der Waals surface area contributed by atoms with Crippen molar-refractivity contribution in [1.29, 1.82) is 0 Å². The van der Waals surface area contributed by atoms with E-state index in [0.717, 1.165) is 50.5 Å². The summed E-state index contributed by atoms with van der Waals surface area (Å²) in [7, 11) is 0. The molecular weight excluding hydrogens is 777 g/mol. The Bertz CT molecular complexity index is 3790. The molecular formula is C60H38N4. The second-order valence-corrected chi connectivity index (χ2v) is 16.6. The first-order valence-electron chi connectivity index (χ1n) is 21.8. The molecule has 4 nitrogen and oxygen atoms in total. The zero-order valence-corrected chi connectivity index (χ0v) is 34.7. The van der Waals surface area contributed by atoms with Crippen LogP contribution in [0.25, 0.3) is 105 Å². The zero-order chi connectivity index (χ0) is 42.1. The van der Waals surface area contributed by atoms with Crippen molar-refractivity contribution in [3.05, 3.63) is 231 Å². The number of para-hydroxylation sites is 2. The Morgan fingerprint density at radius 1 is 0.359 bits per heavy atom. The Balaban J connectivity index is 0.913. The van der Waals surface area contributed by atoms with Gasteiger partial charge < -0.3 is 9.30 Å². The van der Waals surface area contributed by atoms with Crippen LogP contribution in [0.1, 0.15) is 0 Å². The van der Waals surface area contributed by atoms with E-state index in [2.05, 4.69) is 216 Å². The predicted molar refractivity (Wildman–Crippen MR) is 268 cm³/mol. The van der Waals surface area contributed by atoms with Gasteiger partial charge in [0.05, 0.1) is 33.3 Å². The highest BCUT2D eigenvalue weighted by Crippen LogP contribution is 2.43. The molecule has 0 bridgehead atoms. The van der Waals surface area contributed by atoms with E-state index in [0.29, 0.717) is 0 Å². The molecule has 0 unspecified atom stereocenters. The van der Waals surface area contributed by atoms with Gasteiger partial charge in [-0.3, -0.25) is 4.98 Å². The molecule has 0 spiro atoms. The molecule has 0 radical (unpaired) electrons. The lowest BCUT2D eigenvalue weighted by atomic mass is 9.98. The molecule has 0 saturated carbocycles. The van der Waals surface area contributed by atoms with Gasteiger partial charge in [0.25, 0.3) is 0 Å². The summed E-state index contributed by atoms with van der Waals surface area (Å²) in [6.07, 6.45) is 1.84. The van der Waals surface area contributed by atoms with Crippen molar-refractivity contribution in [3.63, 3.8) is 0 Å². The van der Waals surface area contributed by atoms with Crippen molar-refractivity contribution in [2.75, 3.05) is 4.90 Å². The lowest BCUT2D eigenvalue weighted by molar-refractivity contribution is 1.28. The summed E-state index contributed by atoms with van der Waals surface area (Å²) >= 11 is 0. The number of hydrogen-bond acceptors (Lipinski definition) is 3. The van der Waals surface area contributed by atoms with Crippen LogP contribution >= 0.6 is 0 Å². The molecule has 0 aliphatic rings. The number of hydrogen-bond donors (Lipinski definition) is 0. The molecule has 0 amide bonds. The number of aromatic nitrogens is 3. The van der Waals surface area contributed by atoms with Crippen LogP contribution in [-0.4, -0.2) is 14.4 Å². The van der Waals surface area contributed by atoms with E-state index in [9.17, 15) is 0 Å². The van der Waals surface area contributed by atoms with Gasteiger partial charge in [-0.1, -0.05) is 140 Å². The maximum Gasteiger partial charge on any atom is 0.0965 e. The van der Waals surface area contributed by atoms with E-state index in [4.69, 9.17) is 9.97 Å². The van der Waals surface area contributed by atoms with Gasteiger partial charge >= 0.3 is 0 Å². The summed E-state index contributed by atoms with van der Waals surface area (Å²) < 4.78 is 2.44. The van der Waals surface area contributed by atoms with E-state index < -0.39 is 0 Å². The standard InChI is InChI=1S/C60H38N4/c1-2-12-42(13-3-1)52-38-56(62-55-17-10-34-61-59(52)55)43-26-32-49(33-27-43)63(47-28-22-40(23-29-47)45-21-20-39-11-4-5-14-44(39)35-45)48-30-24-41(25-31-48)46-36-53-50-15-6-8-18-57(50)64-58-19-9-7-16-51(58)54(37-46)60(53)64/h1-38H. The van der Waals surface area contributed by atoms with Gasteiger partial charge in [-0.15, -0.1) is 0 Å². The van der Waals surface area contributed by atoms with Crippen molar-refractivity contribution >= 4 is 77.0 Å². The minimum atomic E-state index is 0.874. The van der Waals surface area contributed by atoms with Crippen LogP contribution in [0.3, 0.4) is 0 Å². The highest BCUT2D eigenvalue weighted by molar-refractivity contribution is 6.24. The third-order valence-corrected chi connectivity index (χ3v) is 12.9. The molecule has 4 heterocycles. The van der Waals surface area contributed by atoms with Gasteiger partial charge in [-0.2, -0.15) is 0 Å². The van der Waals surface area contributed by atoms with Crippen LogP contribution in [0.15, 0.2) is 231 Å². The molecule has 64 heavy (non-hydrogen) atoms. The van der Waals surface area contributed by atoms with E-state index in [-0.39, 0.29) is 0 Å². The fraction of sp³-hybridized carbons (Fsp3) is 0. The number of rotatable bonds is 7. The van der Waals surface area contributed by atoms with Crippen molar-refractivity contribution in [2.45, 2.75) is 0 Å². The third kappa shape index (κ3) is 5.84. The predicted octanol–water partition coefficient (Wildman–Crippen LogP) is 16.1. The van der Waals surface area contributed by atoms with Crippen molar-refractivity contribution in [1.82, 2.24) is 14.4 Å². The topological polar surface area (TPSA) is 33.4 Å². The van der Waals surface area contributed by atoms with Crippen LogP contribution in [-0.2, 0) is 0 Å². The maximum absolute atomic E-state index is 5.10. The number of benzene rings is 9. The second-order valence-electron chi connectivity index (χ2n) is 16.6. The number of anilines is 3. The monoisotopic (exact) mass is 814 g/mol. The molecule has 13 aromatic rings. The van der Waals surface area contributed by atoms with E-state index in [1.165, 1.54) is 71.1 Å². The molecule has 298 valence electrons. The van der Waals surface area contributed by atoms with Crippen molar-refractivity contribution in [3.8, 4) is 44.6 Å². The Morgan fingerprint density at radius 3 is 1.56 bits per heavy atom. The summed E-state index contributed by atoms with van der Waals surface area (Å²) in [5, 5.41) is 7.60. The Kier molecular flexibility index (Phi) is 8.18. The van der Waals surface area contributed by atoms with Gasteiger partial charge in [0, 0.05) is 55.9 Å². The average Bonchev–Trinajstić information content (AvgIpc) is 3.89. The van der Waals surface area contributed by atoms with Gasteiger partial charge in [0.15, 0.2) is 0 Å². The van der Waals surface area contributed by atoms with Crippen LogP contribution in [0.5, 0.6) is 0 Å². The Hall–Kier alpha value is -8.60. The lowest BCUT2D eigenvalue weighted by Gasteiger charge is -2.26. The zero-order valence-electron chi connectivity index (χ0n) is 34.7. The molecule has 4 aromatic heterocycles. The van der Waals surface area contributed by atoms with Crippen molar-refractivity contribution in [2.24, 2.45) is 0 Å². The minimum absolute atomic E-state index is 0.874. The molecule has 0 saturated heterocycles. The molecule has 13 rings (SSSR count). The molecule has 0 aliphatic heterocycles. The average molecular weight is 815 g/mol. The lowest BCUT2D eigenvalue weighted by Crippen LogP contribution is -2.09. The van der Waals surface area contributed by atoms with Crippen LogP contribution in [0.2, 0.25) is 0 Å². The van der Waals surface area contributed by atoms with Crippen molar-refractivity contribution < 1.29 is 0 Å². The van der Waals surface area contributed by atoms with Gasteiger partial charge in [0.1, 0.15) is 0 Å². The minimum Gasteiger partial charge on any atom is -0.311 e. The fourth-order valence-corrected chi connectivity index (χ4v) is 9.87. The quantitative estimate of drug-likeness (QED) is 0.161. The first kappa shape index (κ1) is 36.1. The maximum atomic E-state index is 5.10. The Morgan fingerprint density at radius 2 is 0.906 bits per heavy atom. The summed E-state index contributed by atoms with van der Waals surface area (Å²) in [6.45, 7) is 0. The normalized spacial score (nSPS) is 11.8. The third-order valence-electron chi connectivity index (χ3n) is 12.9. The summed E-state index contributed by atoms with van der Waals surface area (Å²) in [4.78, 5) is 12.2. The SMILES string of the molecule is c1ccc(-c2cc(-c3ccc(N(c4ccc(-c5ccc6ccccc6c5)cc4)c4ccc(-c5cc6c7ccccc7n7c8ccccc8c(c5)c67)cc4)cc3)nc3cccnc23)cc1. The first-order chi connectivity index (χ1) is 31.7. The molecule has 4 heteroatoms. The Labute approximate surface area is 369 Å². The molecule has 0 fully saturated rings. The largest absolute Gasteiger partial charge is 0.311 e. The van der Waals surface area contributed by atoms with Gasteiger partial charge in [-0.05, 0) is 124 Å². The summed E-state index contributed by atoms with van der Waals surface area (Å²) in [5.41, 5.74) is 17.7. The second kappa shape index (κ2) is 14.5. The van der Waals surface area contributed by atoms with E-state index in [1.54, 1.807) is 0 Å². The van der Waals surface area contributed by atoms with E-state index >= 15 is 0 Å². The number of fused-ring (bicyclic) bond motifs is 8. The van der Waals surface area contributed by atoms with Crippen LogP contribution < -0.4 is 4.90 Å². The first-order valence-corrected chi connectivity index (χ1v) is 21.8. The van der Waals surface area contributed by atoms with Gasteiger partial charge in [0.2, 0.25) is 0 Å². The number of pyridine rings is 2. The molecule has 9 aromatic carbocycles. The summed E-state index contributed by atoms with van der Waals surface area (Å²) in [6, 6.07) is 81.0. The molecule has 0 aliphatic carbocycles. The van der Waals surface area contributed by atoms with Crippen LogP contribution in [0, 0.1) is 0 Å². The van der Waals surface area contributed by atoms with E-state index in [1.807, 2.05) is 24.4 Å². The number of nitrogens with zero attached hydrogens (tertiary/aromatic N) is 4. The smallest absolute Gasteiger partial charge is 0.0965 e. The highest BCUT2D eigenvalue weighted by atomic mass is 15.1. The van der Waals surface area contributed by atoms with Gasteiger partial charge in [-0.25, -0.2) is 4.98 Å². The van der Waals surface area contributed by atoms with Crippen LogP contribution in [0.4, 0.5) is 17.1 Å².